The van der Waals surface area contributed by atoms with Gasteiger partial charge in [-0.15, -0.1) is 0 Å². The minimum Gasteiger partial charge on any atom is -0.462 e. The Kier molecular flexibility index (Phi) is 53.5. The van der Waals surface area contributed by atoms with Crippen LogP contribution in [0.2, 0.25) is 0 Å². The van der Waals surface area contributed by atoms with Crippen LogP contribution in [-0.4, -0.2) is 46.9 Å². The first-order chi connectivity index (χ1) is 33.5. The number of hydrogen-bond acceptors (Lipinski definition) is 5. The number of carbonyl (C=O) groups is 2. The molecule has 0 aliphatic carbocycles. The Morgan fingerprint density at radius 3 is 1.16 bits per heavy atom. The van der Waals surface area contributed by atoms with E-state index in [1.807, 2.05) is 0 Å². The quantitative estimate of drug-likeness (QED) is 0.0321. The monoisotopic (exact) mass is 952 g/mol. The highest BCUT2D eigenvalue weighted by Crippen LogP contribution is 2.18. The van der Waals surface area contributed by atoms with Gasteiger partial charge in [0.15, 0.2) is 0 Å². The molecule has 0 rings (SSSR count). The van der Waals surface area contributed by atoms with Crippen LogP contribution >= 0.6 is 0 Å². The van der Waals surface area contributed by atoms with Crippen LogP contribution in [0.1, 0.15) is 297 Å². The van der Waals surface area contributed by atoms with Crippen molar-refractivity contribution in [2.24, 2.45) is 0 Å². The number of nitrogens with one attached hydrogen (secondary N) is 1. The number of unbranched alkanes of at least 4 members (excludes halogenated alkanes) is 31. The van der Waals surface area contributed by atoms with Crippen molar-refractivity contribution < 1.29 is 24.5 Å². The molecule has 0 bridgehead atoms. The predicted octanol–water partition coefficient (Wildman–Crippen LogP) is 18.4. The number of ether oxygens (including phenoxy) is 1. The van der Waals surface area contributed by atoms with Crippen molar-refractivity contribution in [3.8, 4) is 0 Å². The SMILES string of the molecule is CCCCC/C=C\C/C=C\C/C=C\CCCCCCCCC(=O)OC(CCCCCCCCC/C=C\C/C=C\CCCCC)CC(=O)NC(CO)C(O)CCCCCCCCCCCCCCC. The minimum atomic E-state index is -0.794. The van der Waals surface area contributed by atoms with Gasteiger partial charge in [0.05, 0.1) is 25.2 Å². The maximum absolute atomic E-state index is 13.3. The fourth-order valence-electron chi connectivity index (χ4n) is 8.82. The summed E-state index contributed by atoms with van der Waals surface area (Å²) in [5, 5.41) is 23.9. The molecule has 0 aromatic rings. The lowest BCUT2D eigenvalue weighted by Crippen LogP contribution is -2.46. The van der Waals surface area contributed by atoms with E-state index in [-0.39, 0.29) is 24.9 Å². The highest BCUT2D eigenvalue weighted by atomic mass is 16.5. The van der Waals surface area contributed by atoms with Gasteiger partial charge in [-0.2, -0.15) is 0 Å². The summed E-state index contributed by atoms with van der Waals surface area (Å²) in [7, 11) is 0. The maximum atomic E-state index is 13.3. The van der Waals surface area contributed by atoms with Crippen LogP contribution in [0.3, 0.4) is 0 Å². The lowest BCUT2D eigenvalue weighted by atomic mass is 10.0. The van der Waals surface area contributed by atoms with Crippen LogP contribution in [0.15, 0.2) is 60.8 Å². The van der Waals surface area contributed by atoms with E-state index in [0.29, 0.717) is 19.3 Å². The van der Waals surface area contributed by atoms with Crippen LogP contribution in [0, 0.1) is 0 Å². The van der Waals surface area contributed by atoms with Gasteiger partial charge < -0.3 is 20.3 Å². The van der Waals surface area contributed by atoms with Gasteiger partial charge in [-0.25, -0.2) is 0 Å². The van der Waals surface area contributed by atoms with E-state index < -0.39 is 18.2 Å². The number of aliphatic hydroxyl groups excluding tert-OH is 2. The molecule has 3 atom stereocenters. The number of hydrogen-bond donors (Lipinski definition) is 3. The number of amides is 1. The zero-order valence-corrected chi connectivity index (χ0v) is 45.2. The Hall–Kier alpha value is -2.44. The predicted molar refractivity (Wildman–Crippen MR) is 296 cm³/mol. The van der Waals surface area contributed by atoms with Gasteiger partial charge >= 0.3 is 5.97 Å². The third-order valence-electron chi connectivity index (χ3n) is 13.3. The molecule has 396 valence electrons. The molecule has 0 aliphatic heterocycles. The van der Waals surface area contributed by atoms with Gasteiger partial charge in [0, 0.05) is 6.42 Å². The van der Waals surface area contributed by atoms with E-state index in [1.54, 1.807) is 0 Å². The smallest absolute Gasteiger partial charge is 0.306 e. The van der Waals surface area contributed by atoms with Crippen LogP contribution in [0.5, 0.6) is 0 Å². The molecule has 1 amide bonds. The van der Waals surface area contributed by atoms with E-state index in [0.717, 1.165) is 89.9 Å². The zero-order valence-electron chi connectivity index (χ0n) is 45.2. The van der Waals surface area contributed by atoms with Crippen molar-refractivity contribution in [3.63, 3.8) is 0 Å². The molecule has 6 heteroatoms. The first kappa shape index (κ1) is 65.6. The molecule has 0 aliphatic rings. The van der Waals surface area contributed by atoms with Gasteiger partial charge in [-0.05, 0) is 96.3 Å². The normalized spacial score (nSPS) is 13.5. The second kappa shape index (κ2) is 55.5. The van der Waals surface area contributed by atoms with Gasteiger partial charge in [0.2, 0.25) is 5.91 Å². The van der Waals surface area contributed by atoms with Crippen LogP contribution in [-0.2, 0) is 14.3 Å². The molecule has 0 aromatic carbocycles. The third kappa shape index (κ3) is 50.0. The van der Waals surface area contributed by atoms with Gasteiger partial charge in [0.1, 0.15) is 6.10 Å². The van der Waals surface area contributed by atoms with Crippen molar-refractivity contribution in [2.45, 2.75) is 315 Å². The fraction of sp³-hybridized carbons (Fsp3) is 0.806. The summed E-state index contributed by atoms with van der Waals surface area (Å²) < 4.78 is 5.96. The Labute approximate surface area is 422 Å². The lowest BCUT2D eigenvalue weighted by molar-refractivity contribution is -0.151. The maximum Gasteiger partial charge on any atom is 0.306 e. The molecule has 0 fully saturated rings. The Morgan fingerprint density at radius 1 is 0.426 bits per heavy atom. The summed E-state index contributed by atoms with van der Waals surface area (Å²) in [6.45, 7) is 6.45. The van der Waals surface area contributed by atoms with Gasteiger partial charge in [0.25, 0.3) is 0 Å². The highest BCUT2D eigenvalue weighted by Gasteiger charge is 2.24. The summed E-state index contributed by atoms with van der Waals surface area (Å²) in [5.41, 5.74) is 0. The molecule has 68 heavy (non-hydrogen) atoms. The molecule has 6 nitrogen and oxygen atoms in total. The van der Waals surface area contributed by atoms with E-state index >= 15 is 0 Å². The highest BCUT2D eigenvalue weighted by molar-refractivity contribution is 5.77. The van der Waals surface area contributed by atoms with Gasteiger partial charge in [-0.3, -0.25) is 9.59 Å². The van der Waals surface area contributed by atoms with Crippen LogP contribution in [0.4, 0.5) is 0 Å². The lowest BCUT2D eigenvalue weighted by Gasteiger charge is -2.24. The summed E-state index contributed by atoms with van der Waals surface area (Å²) >= 11 is 0. The van der Waals surface area contributed by atoms with Crippen molar-refractivity contribution in [2.75, 3.05) is 6.61 Å². The second-order valence-corrected chi connectivity index (χ2v) is 20.0. The molecular weight excluding hydrogens is 839 g/mol. The Balaban J connectivity index is 4.60. The first-order valence-electron chi connectivity index (χ1n) is 29.5. The first-order valence-corrected chi connectivity index (χ1v) is 29.5. The van der Waals surface area contributed by atoms with Crippen molar-refractivity contribution in [1.29, 1.82) is 0 Å². The molecule has 0 aromatic heterocycles. The van der Waals surface area contributed by atoms with E-state index in [1.165, 1.54) is 161 Å². The van der Waals surface area contributed by atoms with Crippen LogP contribution < -0.4 is 5.32 Å². The fourth-order valence-corrected chi connectivity index (χ4v) is 8.82. The van der Waals surface area contributed by atoms with Crippen molar-refractivity contribution >= 4 is 11.9 Å². The summed E-state index contributed by atoms with van der Waals surface area (Å²) in [6, 6.07) is -0.709. The molecule has 0 spiro atoms. The molecule has 0 radical (unpaired) electrons. The molecule has 3 N–H and O–H groups in total. The number of rotatable bonds is 53. The Morgan fingerprint density at radius 2 is 0.750 bits per heavy atom. The average Bonchev–Trinajstić information content (AvgIpc) is 3.33. The van der Waals surface area contributed by atoms with Crippen molar-refractivity contribution in [3.05, 3.63) is 60.8 Å². The zero-order chi connectivity index (χ0) is 49.5. The molecule has 0 saturated carbocycles. The number of allylic oxidation sites excluding steroid dienone is 10. The topological polar surface area (TPSA) is 95.9 Å². The van der Waals surface area contributed by atoms with Crippen LogP contribution in [0.25, 0.3) is 0 Å². The number of aliphatic hydroxyl groups is 2. The summed E-state index contributed by atoms with van der Waals surface area (Å²) in [4.78, 5) is 26.3. The number of carbonyl (C=O) groups excluding carboxylic acids is 2. The van der Waals surface area contributed by atoms with E-state index in [4.69, 9.17) is 4.74 Å². The largest absolute Gasteiger partial charge is 0.462 e. The number of esters is 1. The molecule has 0 heterocycles. The molecular formula is C62H113NO5. The molecule has 3 unspecified atom stereocenters. The van der Waals surface area contributed by atoms with Crippen molar-refractivity contribution in [1.82, 2.24) is 5.32 Å². The second-order valence-electron chi connectivity index (χ2n) is 20.0. The van der Waals surface area contributed by atoms with E-state index in [2.05, 4.69) is 86.8 Å². The summed E-state index contributed by atoms with van der Waals surface area (Å²) in [6.07, 6.45) is 69.9. The average molecular weight is 953 g/mol. The van der Waals surface area contributed by atoms with E-state index in [9.17, 15) is 19.8 Å². The molecule has 0 saturated heterocycles. The third-order valence-corrected chi connectivity index (χ3v) is 13.3. The summed E-state index contributed by atoms with van der Waals surface area (Å²) in [5.74, 6) is -0.487. The standard InChI is InChI=1S/C62H113NO5/c1-4-7-10-13-16-19-22-25-27-29-30-32-34-37-40-43-46-49-52-55-62(67)68-58(53-50-47-44-41-38-36-33-31-28-26-23-20-17-14-11-8-5-2)56-61(66)63-59(57-64)60(65)54-51-48-45-42-39-35-24-21-18-15-12-9-6-3/h16-17,19-20,25-28,30,32,58-60,64-65H,4-15,18,21-24,29,31,33-57H2,1-3H3,(H,63,66)/b19-16-,20-17-,27-25-,28-26-,32-30-. The van der Waals surface area contributed by atoms with Gasteiger partial charge in [-0.1, -0.05) is 248 Å². The minimum absolute atomic E-state index is 0.0666. The Bertz CT molecular complexity index is 1210.